The third-order valence-electron chi connectivity index (χ3n) is 4.51. The second kappa shape index (κ2) is 8.68. The van der Waals surface area contributed by atoms with Crippen LogP contribution in [0.4, 0.5) is 5.13 Å². The van der Waals surface area contributed by atoms with Gasteiger partial charge in [0.15, 0.2) is 5.13 Å². The van der Waals surface area contributed by atoms with Crippen molar-refractivity contribution >= 4 is 35.5 Å². The molecule has 0 radical (unpaired) electrons. The zero-order valence-corrected chi connectivity index (χ0v) is 16.1. The van der Waals surface area contributed by atoms with Crippen molar-refractivity contribution in [2.24, 2.45) is 0 Å². The van der Waals surface area contributed by atoms with Crippen molar-refractivity contribution in [2.45, 2.75) is 25.3 Å². The molecule has 0 atom stereocenters. The standard InChI is InChI=1S/C17H20BN3O7S/c19-17-20-10(8-29-17)5-13(22)21-6-11(7-21)28-12-2-1-9(3-4-18(26)27)15(23)14(12)16(24)25/h1-2,8,11,23,26-27H,3-7H2,(H2,19,20)(H,24,25). The van der Waals surface area contributed by atoms with Gasteiger partial charge in [-0.15, -0.1) is 11.3 Å². The number of phenols is 1. The number of nitrogen functional groups attached to an aromatic ring is 1. The number of nitrogens with zero attached hydrogens (tertiary/aromatic N) is 2. The Balaban J connectivity index is 1.61. The number of anilines is 1. The van der Waals surface area contributed by atoms with Crippen molar-refractivity contribution in [1.82, 2.24) is 9.88 Å². The van der Waals surface area contributed by atoms with Crippen LogP contribution in [-0.2, 0) is 17.6 Å². The Hall–Kier alpha value is -2.83. The van der Waals surface area contributed by atoms with Crippen molar-refractivity contribution < 1.29 is 34.6 Å². The van der Waals surface area contributed by atoms with E-state index in [0.717, 1.165) is 0 Å². The van der Waals surface area contributed by atoms with Crippen LogP contribution in [0.1, 0.15) is 21.6 Å². The van der Waals surface area contributed by atoms with E-state index in [1.54, 1.807) is 10.3 Å². The molecule has 1 saturated heterocycles. The number of nitrogens with two attached hydrogens (primary N) is 1. The van der Waals surface area contributed by atoms with Gasteiger partial charge in [0.1, 0.15) is 23.2 Å². The van der Waals surface area contributed by atoms with Gasteiger partial charge in [-0.05, 0) is 24.4 Å². The second-order valence-electron chi connectivity index (χ2n) is 6.66. The predicted molar refractivity (Wildman–Crippen MR) is 105 cm³/mol. The maximum atomic E-state index is 12.2. The highest BCUT2D eigenvalue weighted by Gasteiger charge is 2.34. The summed E-state index contributed by atoms with van der Waals surface area (Å²) in [6.07, 6.45) is -0.219. The monoisotopic (exact) mass is 421 g/mol. The van der Waals surface area contributed by atoms with Gasteiger partial charge in [0.05, 0.1) is 25.2 Å². The van der Waals surface area contributed by atoms with E-state index in [9.17, 15) is 19.8 Å². The number of aryl methyl sites for hydroxylation is 1. The smallest absolute Gasteiger partial charge is 0.451 e. The van der Waals surface area contributed by atoms with Gasteiger partial charge in [-0.1, -0.05) is 6.07 Å². The minimum atomic E-state index is -1.56. The van der Waals surface area contributed by atoms with E-state index >= 15 is 0 Å². The first-order valence-corrected chi connectivity index (χ1v) is 9.71. The largest absolute Gasteiger partial charge is 0.507 e. The SMILES string of the molecule is Nc1nc(CC(=O)N2CC(Oc3ccc(CCB(O)O)c(O)c3C(=O)O)C2)cs1. The molecule has 1 aliphatic heterocycles. The summed E-state index contributed by atoms with van der Waals surface area (Å²) in [5, 5.41) is 39.7. The summed E-state index contributed by atoms with van der Waals surface area (Å²) in [6, 6.07) is 2.90. The van der Waals surface area contributed by atoms with E-state index in [0.29, 0.717) is 10.8 Å². The van der Waals surface area contributed by atoms with Crippen LogP contribution in [0.2, 0.25) is 6.32 Å². The van der Waals surface area contributed by atoms with E-state index in [4.69, 9.17) is 20.5 Å². The van der Waals surface area contributed by atoms with E-state index in [2.05, 4.69) is 4.98 Å². The molecule has 0 spiro atoms. The molecule has 1 aromatic carbocycles. The minimum absolute atomic E-state index is 0.00679. The lowest BCUT2D eigenvalue weighted by Gasteiger charge is -2.39. The summed E-state index contributed by atoms with van der Waals surface area (Å²) in [5.74, 6) is -1.97. The first-order valence-electron chi connectivity index (χ1n) is 8.83. The molecule has 2 heterocycles. The molecule has 3 rings (SSSR count). The van der Waals surface area contributed by atoms with Crippen LogP contribution < -0.4 is 10.5 Å². The Bertz CT molecular complexity index is 914. The Labute approximate surface area is 170 Å². The van der Waals surface area contributed by atoms with Gasteiger partial charge in [-0.2, -0.15) is 0 Å². The molecule has 154 valence electrons. The number of benzene rings is 1. The van der Waals surface area contributed by atoms with Crippen molar-refractivity contribution in [3.8, 4) is 11.5 Å². The molecule has 29 heavy (non-hydrogen) atoms. The van der Waals surface area contributed by atoms with Crippen molar-refractivity contribution in [1.29, 1.82) is 0 Å². The summed E-state index contributed by atoms with van der Waals surface area (Å²) < 4.78 is 5.67. The predicted octanol–water partition coefficient (Wildman–Crippen LogP) is -0.0233. The number of carbonyl (C=O) groups is 2. The summed E-state index contributed by atoms with van der Waals surface area (Å²) >= 11 is 1.26. The molecule has 1 aliphatic rings. The maximum absolute atomic E-state index is 12.2. The number of carbonyl (C=O) groups excluding carboxylic acids is 1. The van der Waals surface area contributed by atoms with Crippen LogP contribution in [-0.4, -0.2) is 68.3 Å². The number of carboxylic acids is 1. The molecule has 1 aromatic heterocycles. The third kappa shape index (κ3) is 4.97. The first kappa shape index (κ1) is 20.9. The van der Waals surface area contributed by atoms with Gasteiger partial charge < -0.3 is 35.6 Å². The van der Waals surface area contributed by atoms with E-state index in [-0.39, 0.29) is 49.5 Å². The number of amides is 1. The highest BCUT2D eigenvalue weighted by atomic mass is 32.1. The van der Waals surface area contributed by atoms with Crippen molar-refractivity contribution in [3.63, 3.8) is 0 Å². The molecule has 0 bridgehead atoms. The Morgan fingerprint density at radius 1 is 1.34 bits per heavy atom. The van der Waals surface area contributed by atoms with E-state index < -0.39 is 30.5 Å². The van der Waals surface area contributed by atoms with Crippen LogP contribution in [0.3, 0.4) is 0 Å². The molecule has 10 nitrogen and oxygen atoms in total. The van der Waals surface area contributed by atoms with Gasteiger partial charge in [-0.3, -0.25) is 4.79 Å². The highest BCUT2D eigenvalue weighted by molar-refractivity contribution is 7.13. The van der Waals surface area contributed by atoms with Gasteiger partial charge >= 0.3 is 13.1 Å². The summed E-state index contributed by atoms with van der Waals surface area (Å²) in [6.45, 7) is 0.577. The normalized spacial score (nSPS) is 13.8. The highest BCUT2D eigenvalue weighted by Crippen LogP contribution is 2.34. The van der Waals surface area contributed by atoms with Gasteiger partial charge in [0, 0.05) is 5.38 Å². The molecule has 6 N–H and O–H groups in total. The summed E-state index contributed by atoms with van der Waals surface area (Å²) in [7, 11) is -1.56. The molecule has 0 saturated carbocycles. The number of hydrogen-bond donors (Lipinski definition) is 5. The summed E-state index contributed by atoms with van der Waals surface area (Å²) in [5.41, 5.74) is 6.03. The van der Waals surface area contributed by atoms with Crippen LogP contribution in [0.25, 0.3) is 0 Å². The van der Waals surface area contributed by atoms with Crippen LogP contribution in [0.5, 0.6) is 11.5 Å². The molecular formula is C17H20BN3O7S. The number of thiazole rings is 1. The van der Waals surface area contributed by atoms with Gasteiger partial charge in [0.2, 0.25) is 5.91 Å². The lowest BCUT2D eigenvalue weighted by molar-refractivity contribution is -0.139. The molecule has 1 fully saturated rings. The lowest BCUT2D eigenvalue weighted by atomic mass is 9.82. The fourth-order valence-corrected chi connectivity index (χ4v) is 3.54. The third-order valence-corrected chi connectivity index (χ3v) is 5.23. The van der Waals surface area contributed by atoms with Gasteiger partial charge in [-0.25, -0.2) is 9.78 Å². The minimum Gasteiger partial charge on any atom is -0.507 e. The average molecular weight is 421 g/mol. The lowest BCUT2D eigenvalue weighted by Crippen LogP contribution is -2.56. The van der Waals surface area contributed by atoms with Gasteiger partial charge in [0.25, 0.3) is 0 Å². The molecule has 12 heteroatoms. The Kier molecular flexibility index (Phi) is 6.25. The number of aromatic carboxylic acids is 1. The number of aromatic hydroxyl groups is 1. The number of rotatable bonds is 8. The van der Waals surface area contributed by atoms with Crippen LogP contribution in [0.15, 0.2) is 17.5 Å². The number of hydrogen-bond acceptors (Lipinski definition) is 9. The fourth-order valence-electron chi connectivity index (χ4n) is 2.97. The van der Waals surface area contributed by atoms with Crippen molar-refractivity contribution in [2.75, 3.05) is 18.8 Å². The second-order valence-corrected chi connectivity index (χ2v) is 7.55. The average Bonchev–Trinajstić information content (AvgIpc) is 3.00. The van der Waals surface area contributed by atoms with Crippen molar-refractivity contribution in [3.05, 3.63) is 34.3 Å². The molecule has 1 amide bonds. The quantitative estimate of drug-likeness (QED) is 0.368. The van der Waals surface area contributed by atoms with Crippen LogP contribution in [0, 0.1) is 0 Å². The first-order chi connectivity index (χ1) is 13.7. The van der Waals surface area contributed by atoms with E-state index in [1.165, 1.54) is 23.5 Å². The molecule has 0 unspecified atom stereocenters. The number of aromatic nitrogens is 1. The Morgan fingerprint density at radius 2 is 2.07 bits per heavy atom. The fraction of sp³-hybridized carbons (Fsp3) is 0.353. The number of ether oxygens (including phenoxy) is 1. The number of likely N-dealkylation sites (tertiary alicyclic amines) is 1. The van der Waals surface area contributed by atoms with Crippen LogP contribution >= 0.6 is 11.3 Å². The zero-order valence-electron chi connectivity index (χ0n) is 15.3. The zero-order chi connectivity index (χ0) is 21.1. The summed E-state index contributed by atoms with van der Waals surface area (Å²) in [4.78, 5) is 29.4. The molecule has 2 aromatic rings. The Morgan fingerprint density at radius 3 is 2.66 bits per heavy atom. The molecule has 0 aliphatic carbocycles. The molecular weight excluding hydrogens is 401 g/mol. The maximum Gasteiger partial charge on any atom is 0.451 e. The topological polar surface area (TPSA) is 166 Å². The number of carboxylic acid groups (broad SMARTS) is 1. The van der Waals surface area contributed by atoms with E-state index in [1.807, 2.05) is 0 Å².